The van der Waals surface area contributed by atoms with E-state index in [4.69, 9.17) is 13.9 Å². The molecule has 0 amide bonds. The minimum Gasteiger partial charge on any atom is -0.462 e. The molecule has 2 aromatic rings. The number of benzene rings is 1. The standard InChI is InChI=1S/C20H24O8/c1-9-13(26-20-17(24)16(23)15(22)14(8-21)27-20)7-6-11-10-4-2-3-5-12(10)19(25)28-18(9)11/h6-7,14-17,20-24H,2-5,8H2,1H3/t14-,15-,16+,17-,20-/m0/s1. The van der Waals surface area contributed by atoms with Crippen molar-refractivity contribution in [2.24, 2.45) is 0 Å². The van der Waals surface area contributed by atoms with E-state index in [9.17, 15) is 25.2 Å². The van der Waals surface area contributed by atoms with E-state index in [1.165, 1.54) is 0 Å². The van der Waals surface area contributed by atoms with Crippen LogP contribution in [0.25, 0.3) is 11.0 Å². The van der Waals surface area contributed by atoms with Crippen LogP contribution in [0.3, 0.4) is 0 Å². The lowest BCUT2D eigenvalue weighted by molar-refractivity contribution is -0.277. The van der Waals surface area contributed by atoms with Crippen molar-refractivity contribution in [2.75, 3.05) is 6.61 Å². The van der Waals surface area contributed by atoms with Crippen LogP contribution in [0.1, 0.15) is 29.5 Å². The van der Waals surface area contributed by atoms with Crippen molar-refractivity contribution in [1.29, 1.82) is 0 Å². The summed E-state index contributed by atoms with van der Waals surface area (Å²) >= 11 is 0. The van der Waals surface area contributed by atoms with Gasteiger partial charge in [0.05, 0.1) is 6.61 Å². The molecule has 1 saturated heterocycles. The topological polar surface area (TPSA) is 130 Å². The smallest absolute Gasteiger partial charge is 0.339 e. The van der Waals surface area contributed by atoms with E-state index in [-0.39, 0.29) is 5.63 Å². The van der Waals surface area contributed by atoms with Crippen LogP contribution >= 0.6 is 0 Å². The van der Waals surface area contributed by atoms with E-state index < -0.39 is 37.3 Å². The molecule has 2 aliphatic rings. The largest absolute Gasteiger partial charge is 0.462 e. The van der Waals surface area contributed by atoms with Crippen molar-refractivity contribution in [3.8, 4) is 5.75 Å². The lowest BCUT2D eigenvalue weighted by Crippen LogP contribution is -2.60. The maximum absolute atomic E-state index is 12.4. The van der Waals surface area contributed by atoms with Crippen molar-refractivity contribution in [2.45, 2.75) is 63.3 Å². The molecule has 0 bridgehead atoms. The van der Waals surface area contributed by atoms with Crippen LogP contribution in [0.2, 0.25) is 0 Å². The summed E-state index contributed by atoms with van der Waals surface area (Å²) in [6.45, 7) is 1.20. The highest BCUT2D eigenvalue weighted by Gasteiger charge is 2.44. The molecule has 28 heavy (non-hydrogen) atoms. The van der Waals surface area contributed by atoms with Crippen molar-refractivity contribution in [3.63, 3.8) is 0 Å². The minimum absolute atomic E-state index is 0.315. The van der Waals surface area contributed by atoms with Gasteiger partial charge in [0.15, 0.2) is 0 Å². The van der Waals surface area contributed by atoms with E-state index in [1.807, 2.05) is 6.07 Å². The Kier molecular flexibility index (Phi) is 5.15. The van der Waals surface area contributed by atoms with Gasteiger partial charge in [0, 0.05) is 16.5 Å². The zero-order valence-corrected chi connectivity index (χ0v) is 15.5. The first-order valence-electron chi connectivity index (χ1n) is 9.47. The molecule has 152 valence electrons. The number of aliphatic hydroxyl groups excluding tert-OH is 4. The average Bonchev–Trinajstić information content (AvgIpc) is 2.71. The minimum atomic E-state index is -1.53. The van der Waals surface area contributed by atoms with Gasteiger partial charge in [-0.1, -0.05) is 0 Å². The van der Waals surface area contributed by atoms with Gasteiger partial charge < -0.3 is 34.3 Å². The first-order valence-corrected chi connectivity index (χ1v) is 9.47. The monoisotopic (exact) mass is 392 g/mol. The first-order chi connectivity index (χ1) is 13.4. The van der Waals surface area contributed by atoms with Crippen LogP contribution < -0.4 is 10.4 Å². The van der Waals surface area contributed by atoms with Crippen molar-refractivity contribution in [1.82, 2.24) is 0 Å². The highest BCUT2D eigenvalue weighted by molar-refractivity contribution is 5.86. The summed E-state index contributed by atoms with van der Waals surface area (Å²) < 4.78 is 16.7. The van der Waals surface area contributed by atoms with Crippen LogP contribution in [-0.2, 0) is 17.6 Å². The maximum Gasteiger partial charge on any atom is 0.339 e. The fourth-order valence-corrected chi connectivity index (χ4v) is 4.04. The van der Waals surface area contributed by atoms with Gasteiger partial charge in [-0.05, 0) is 50.3 Å². The summed E-state index contributed by atoms with van der Waals surface area (Å²) in [5.41, 5.74) is 2.41. The van der Waals surface area contributed by atoms with Crippen LogP contribution in [0.5, 0.6) is 5.75 Å². The molecule has 1 aromatic heterocycles. The normalized spacial score (nSPS) is 30.2. The Morgan fingerprint density at radius 2 is 1.79 bits per heavy atom. The quantitative estimate of drug-likeness (QED) is 0.544. The molecule has 5 atom stereocenters. The van der Waals surface area contributed by atoms with Gasteiger partial charge in [-0.25, -0.2) is 4.79 Å². The third-order valence-electron chi connectivity index (χ3n) is 5.68. The molecule has 1 fully saturated rings. The number of ether oxygens (including phenoxy) is 2. The third kappa shape index (κ3) is 3.11. The molecule has 0 saturated carbocycles. The molecule has 0 radical (unpaired) electrons. The summed E-state index contributed by atoms with van der Waals surface area (Å²) in [5, 5.41) is 40.2. The zero-order valence-electron chi connectivity index (χ0n) is 15.5. The average molecular weight is 392 g/mol. The summed E-state index contributed by atoms with van der Waals surface area (Å²) in [7, 11) is 0. The summed E-state index contributed by atoms with van der Waals surface area (Å²) in [5.74, 6) is 0.315. The summed E-state index contributed by atoms with van der Waals surface area (Å²) in [6.07, 6.45) is -3.31. The van der Waals surface area contributed by atoms with Crippen molar-refractivity contribution in [3.05, 3.63) is 39.2 Å². The summed E-state index contributed by atoms with van der Waals surface area (Å²) in [4.78, 5) is 12.4. The Bertz CT molecular complexity index is 934. The molecule has 2 heterocycles. The van der Waals surface area contributed by atoms with E-state index in [0.717, 1.165) is 42.2 Å². The molecule has 0 unspecified atom stereocenters. The number of hydrogen-bond donors (Lipinski definition) is 4. The maximum atomic E-state index is 12.4. The number of rotatable bonds is 3. The fraction of sp³-hybridized carbons (Fsp3) is 0.550. The summed E-state index contributed by atoms with van der Waals surface area (Å²) in [6, 6.07) is 3.52. The second-order valence-electron chi connectivity index (χ2n) is 7.43. The number of fused-ring (bicyclic) bond motifs is 3. The second kappa shape index (κ2) is 7.46. The predicted molar refractivity (Wildman–Crippen MR) is 98.3 cm³/mol. The van der Waals surface area contributed by atoms with Gasteiger partial charge in [-0.2, -0.15) is 0 Å². The van der Waals surface area contributed by atoms with Crippen LogP contribution in [0, 0.1) is 6.92 Å². The Labute approximate surface area is 160 Å². The van der Waals surface area contributed by atoms with Gasteiger partial charge in [0.1, 0.15) is 35.7 Å². The van der Waals surface area contributed by atoms with Gasteiger partial charge in [0.25, 0.3) is 0 Å². The molecule has 8 heteroatoms. The van der Waals surface area contributed by atoms with Gasteiger partial charge >= 0.3 is 5.63 Å². The van der Waals surface area contributed by atoms with Gasteiger partial charge in [0.2, 0.25) is 6.29 Å². The Balaban J connectivity index is 1.70. The van der Waals surface area contributed by atoms with Crippen LogP contribution in [0.15, 0.2) is 21.3 Å². The van der Waals surface area contributed by atoms with E-state index in [0.29, 0.717) is 16.9 Å². The fourth-order valence-electron chi connectivity index (χ4n) is 4.04. The molecule has 1 aliphatic heterocycles. The first kappa shape index (κ1) is 19.4. The van der Waals surface area contributed by atoms with Crippen molar-refractivity contribution < 1.29 is 34.3 Å². The van der Waals surface area contributed by atoms with Crippen LogP contribution in [0.4, 0.5) is 0 Å². The van der Waals surface area contributed by atoms with Crippen molar-refractivity contribution >= 4 is 11.0 Å². The molecule has 8 nitrogen and oxygen atoms in total. The van der Waals surface area contributed by atoms with E-state index >= 15 is 0 Å². The molecular formula is C20H24O8. The third-order valence-corrected chi connectivity index (χ3v) is 5.68. The van der Waals surface area contributed by atoms with Gasteiger partial charge in [-0.15, -0.1) is 0 Å². The molecule has 1 aliphatic carbocycles. The van der Waals surface area contributed by atoms with Crippen LogP contribution in [-0.4, -0.2) is 57.7 Å². The molecule has 0 spiro atoms. The Morgan fingerprint density at radius 3 is 2.50 bits per heavy atom. The molecule has 4 rings (SSSR count). The van der Waals surface area contributed by atoms with E-state index in [1.54, 1.807) is 13.0 Å². The lowest BCUT2D eigenvalue weighted by atomic mass is 9.90. The SMILES string of the molecule is Cc1c(O[C@H]2O[C@@H](CO)[C@H](O)[C@@H](O)[C@@H]2O)ccc2c3c(c(=O)oc12)CCCC3. The molecule has 4 N–H and O–H groups in total. The highest BCUT2D eigenvalue weighted by atomic mass is 16.7. The number of hydrogen-bond acceptors (Lipinski definition) is 8. The second-order valence-corrected chi connectivity index (χ2v) is 7.43. The molecular weight excluding hydrogens is 368 g/mol. The molecule has 1 aromatic carbocycles. The van der Waals surface area contributed by atoms with Gasteiger partial charge in [-0.3, -0.25) is 0 Å². The predicted octanol–water partition coefficient (Wildman–Crippen LogP) is 0.159. The Hall–Kier alpha value is -1.97. The zero-order chi connectivity index (χ0) is 20.0. The Morgan fingerprint density at radius 1 is 1.07 bits per heavy atom. The number of aliphatic hydroxyl groups is 4. The lowest BCUT2D eigenvalue weighted by Gasteiger charge is -2.39. The highest BCUT2D eigenvalue weighted by Crippen LogP contribution is 2.34. The van der Waals surface area contributed by atoms with E-state index in [2.05, 4.69) is 0 Å². The number of aryl methyl sites for hydroxylation is 2.